The number of phenols is 1. The van der Waals surface area contributed by atoms with Gasteiger partial charge in [-0.25, -0.2) is 4.98 Å². The third kappa shape index (κ3) is 2.67. The van der Waals surface area contributed by atoms with Crippen LogP contribution in [0.15, 0.2) is 47.6 Å². The van der Waals surface area contributed by atoms with Crippen molar-refractivity contribution in [2.24, 2.45) is 0 Å². The maximum atomic E-state index is 9.15. The summed E-state index contributed by atoms with van der Waals surface area (Å²) in [4.78, 5) is 4.20. The van der Waals surface area contributed by atoms with Gasteiger partial charge in [0.15, 0.2) is 0 Å². The monoisotopic (exact) mass is 232 g/mol. The number of benzene rings is 1. The molecule has 0 fully saturated rings. The van der Waals surface area contributed by atoms with Crippen molar-refractivity contribution < 1.29 is 5.11 Å². The van der Waals surface area contributed by atoms with Gasteiger partial charge in [-0.05, 0) is 29.8 Å². The fourth-order valence-electron chi connectivity index (χ4n) is 1.27. The van der Waals surface area contributed by atoms with E-state index in [0.29, 0.717) is 5.69 Å². The molecule has 1 aromatic carbocycles. The molecule has 3 N–H and O–H groups in total. The number of phenolic OH excluding ortho intramolecular Hbond substituents is 1. The summed E-state index contributed by atoms with van der Waals surface area (Å²) in [5.74, 6) is 1.08. The number of rotatable bonds is 3. The molecule has 2 rings (SSSR count). The lowest BCUT2D eigenvalue weighted by Gasteiger charge is -2.03. The third-order valence-electron chi connectivity index (χ3n) is 2.11. The average molecular weight is 232 g/mol. The number of aromatic nitrogens is 1. The zero-order valence-corrected chi connectivity index (χ0v) is 9.45. The molecule has 0 spiro atoms. The van der Waals surface area contributed by atoms with Crippen LogP contribution in [-0.2, 0) is 5.75 Å². The first-order valence-electron chi connectivity index (χ1n) is 4.87. The molecule has 82 valence electrons. The first-order chi connectivity index (χ1) is 7.75. The normalized spacial score (nSPS) is 10.2. The Morgan fingerprint density at radius 3 is 2.62 bits per heavy atom. The van der Waals surface area contributed by atoms with Gasteiger partial charge in [-0.1, -0.05) is 23.9 Å². The van der Waals surface area contributed by atoms with E-state index in [1.807, 2.05) is 24.3 Å². The molecule has 1 aromatic heterocycles. The molecule has 0 unspecified atom stereocenters. The van der Waals surface area contributed by atoms with Crippen LogP contribution in [-0.4, -0.2) is 10.1 Å². The SMILES string of the molecule is Nc1cccnc1SCc1ccc(O)cc1. The second-order valence-electron chi connectivity index (χ2n) is 3.35. The number of aromatic hydroxyl groups is 1. The van der Waals surface area contributed by atoms with Crippen LogP contribution in [0.2, 0.25) is 0 Å². The predicted octanol–water partition coefficient (Wildman–Crippen LogP) is 2.66. The molecule has 0 radical (unpaired) electrons. The summed E-state index contributed by atoms with van der Waals surface area (Å²) in [7, 11) is 0. The van der Waals surface area contributed by atoms with Crippen molar-refractivity contribution in [2.45, 2.75) is 10.8 Å². The molecule has 16 heavy (non-hydrogen) atoms. The van der Waals surface area contributed by atoms with Crippen molar-refractivity contribution in [1.29, 1.82) is 0 Å². The lowest BCUT2D eigenvalue weighted by Crippen LogP contribution is -1.91. The quantitative estimate of drug-likeness (QED) is 0.799. The summed E-state index contributed by atoms with van der Waals surface area (Å²) in [5.41, 5.74) is 7.62. The van der Waals surface area contributed by atoms with Crippen molar-refractivity contribution in [1.82, 2.24) is 4.98 Å². The molecule has 0 aliphatic carbocycles. The molecule has 0 saturated heterocycles. The molecule has 3 nitrogen and oxygen atoms in total. The lowest BCUT2D eigenvalue weighted by atomic mass is 10.2. The Bertz CT molecular complexity index is 471. The number of nitrogens with two attached hydrogens (primary N) is 1. The number of thioether (sulfide) groups is 1. The fourth-order valence-corrected chi connectivity index (χ4v) is 2.13. The molecule has 1 heterocycles. The summed E-state index contributed by atoms with van der Waals surface area (Å²) in [6.45, 7) is 0. The summed E-state index contributed by atoms with van der Waals surface area (Å²) in [5, 5.41) is 9.99. The van der Waals surface area contributed by atoms with E-state index in [0.717, 1.165) is 16.3 Å². The van der Waals surface area contributed by atoms with Crippen molar-refractivity contribution in [3.63, 3.8) is 0 Å². The summed E-state index contributed by atoms with van der Waals surface area (Å²) >= 11 is 1.59. The molecule has 0 atom stereocenters. The lowest BCUT2D eigenvalue weighted by molar-refractivity contribution is 0.475. The van der Waals surface area contributed by atoms with Crippen molar-refractivity contribution in [3.05, 3.63) is 48.2 Å². The highest BCUT2D eigenvalue weighted by Gasteiger charge is 2.01. The highest BCUT2D eigenvalue weighted by molar-refractivity contribution is 7.98. The number of hydrogen-bond acceptors (Lipinski definition) is 4. The third-order valence-corrected chi connectivity index (χ3v) is 3.20. The van der Waals surface area contributed by atoms with Gasteiger partial charge in [0.1, 0.15) is 10.8 Å². The van der Waals surface area contributed by atoms with E-state index in [9.17, 15) is 0 Å². The molecule has 4 heteroatoms. The van der Waals surface area contributed by atoms with Crippen LogP contribution in [0, 0.1) is 0 Å². The van der Waals surface area contributed by atoms with Crippen LogP contribution in [0.5, 0.6) is 5.75 Å². The van der Waals surface area contributed by atoms with Crippen LogP contribution in [0.4, 0.5) is 5.69 Å². The van der Waals surface area contributed by atoms with E-state index < -0.39 is 0 Å². The largest absolute Gasteiger partial charge is 0.508 e. The van der Waals surface area contributed by atoms with Gasteiger partial charge in [0.05, 0.1) is 5.69 Å². The van der Waals surface area contributed by atoms with Gasteiger partial charge in [0.2, 0.25) is 0 Å². The predicted molar refractivity (Wildman–Crippen MR) is 66.3 cm³/mol. The zero-order chi connectivity index (χ0) is 11.4. The number of anilines is 1. The molecule has 0 aliphatic rings. The highest BCUT2D eigenvalue weighted by Crippen LogP contribution is 2.25. The summed E-state index contributed by atoms with van der Waals surface area (Å²) < 4.78 is 0. The minimum atomic E-state index is 0.283. The van der Waals surface area contributed by atoms with Gasteiger partial charge in [-0.2, -0.15) is 0 Å². The first kappa shape index (κ1) is 10.8. The molecule has 2 aromatic rings. The second kappa shape index (κ2) is 4.90. The van der Waals surface area contributed by atoms with Crippen LogP contribution < -0.4 is 5.73 Å². The van der Waals surface area contributed by atoms with Crippen molar-refractivity contribution >= 4 is 17.4 Å². The van der Waals surface area contributed by atoms with Gasteiger partial charge in [-0.3, -0.25) is 0 Å². The van der Waals surface area contributed by atoms with Gasteiger partial charge in [0.25, 0.3) is 0 Å². The number of pyridine rings is 1. The van der Waals surface area contributed by atoms with E-state index in [4.69, 9.17) is 10.8 Å². The number of nitrogens with zero attached hydrogens (tertiary/aromatic N) is 1. The van der Waals surface area contributed by atoms with E-state index in [1.165, 1.54) is 0 Å². The van der Waals surface area contributed by atoms with Gasteiger partial charge < -0.3 is 10.8 Å². The van der Waals surface area contributed by atoms with E-state index in [2.05, 4.69) is 4.98 Å². The van der Waals surface area contributed by atoms with Crippen LogP contribution in [0.1, 0.15) is 5.56 Å². The summed E-state index contributed by atoms with van der Waals surface area (Å²) in [6, 6.07) is 10.8. The maximum Gasteiger partial charge on any atom is 0.119 e. The van der Waals surface area contributed by atoms with Gasteiger partial charge >= 0.3 is 0 Å². The molecule has 0 aliphatic heterocycles. The average Bonchev–Trinajstić information content (AvgIpc) is 2.30. The molecular weight excluding hydrogens is 220 g/mol. The van der Waals surface area contributed by atoms with Crippen LogP contribution in [0.25, 0.3) is 0 Å². The minimum Gasteiger partial charge on any atom is -0.508 e. The van der Waals surface area contributed by atoms with E-state index in [-0.39, 0.29) is 5.75 Å². The van der Waals surface area contributed by atoms with Crippen molar-refractivity contribution in [3.8, 4) is 5.75 Å². The molecular formula is C12H12N2OS. The highest BCUT2D eigenvalue weighted by atomic mass is 32.2. The topological polar surface area (TPSA) is 59.1 Å². The number of nitrogen functional groups attached to an aromatic ring is 1. The molecule has 0 saturated carbocycles. The van der Waals surface area contributed by atoms with Gasteiger partial charge in [-0.15, -0.1) is 0 Å². The second-order valence-corrected chi connectivity index (χ2v) is 4.32. The standard InChI is InChI=1S/C12H12N2OS/c13-11-2-1-7-14-12(11)16-8-9-3-5-10(15)6-4-9/h1-7,15H,8,13H2. The van der Waals surface area contributed by atoms with E-state index >= 15 is 0 Å². The van der Waals surface area contributed by atoms with Crippen molar-refractivity contribution in [2.75, 3.05) is 5.73 Å². The Labute approximate surface area is 98.3 Å². The summed E-state index contributed by atoms with van der Waals surface area (Å²) in [6.07, 6.45) is 1.73. The Morgan fingerprint density at radius 2 is 1.94 bits per heavy atom. The Balaban J connectivity index is 2.02. The molecule has 0 bridgehead atoms. The van der Waals surface area contributed by atoms with Crippen LogP contribution >= 0.6 is 11.8 Å². The van der Waals surface area contributed by atoms with Gasteiger partial charge in [0, 0.05) is 11.9 Å². The Morgan fingerprint density at radius 1 is 1.19 bits per heavy atom. The Kier molecular flexibility index (Phi) is 3.31. The molecule has 0 amide bonds. The minimum absolute atomic E-state index is 0.283. The van der Waals surface area contributed by atoms with Crippen LogP contribution in [0.3, 0.4) is 0 Å². The van der Waals surface area contributed by atoms with E-state index in [1.54, 1.807) is 30.1 Å². The first-order valence-corrected chi connectivity index (χ1v) is 5.85. The smallest absolute Gasteiger partial charge is 0.119 e. The number of hydrogen-bond donors (Lipinski definition) is 2. The fraction of sp³-hybridized carbons (Fsp3) is 0.0833. The maximum absolute atomic E-state index is 9.15. The zero-order valence-electron chi connectivity index (χ0n) is 8.63. The Hall–Kier alpha value is -1.68.